The number of benzene rings is 1. The highest BCUT2D eigenvalue weighted by molar-refractivity contribution is 6.00. The molecule has 11 heteroatoms. The summed E-state index contributed by atoms with van der Waals surface area (Å²) in [5.74, 6) is -0.487. The molecular formula is C21H21N7O4. The second-order valence-corrected chi connectivity index (χ2v) is 7.11. The Morgan fingerprint density at radius 1 is 1.41 bits per heavy atom. The SMILES string of the molecule is CC(ONC(=O)c1c(N)nc(-c2cccc(C#N)c2)nc1O[C@H]1CCOC1)c1ccn[nH]1. The van der Waals surface area contributed by atoms with Crippen molar-refractivity contribution in [2.75, 3.05) is 18.9 Å². The highest BCUT2D eigenvalue weighted by atomic mass is 16.7. The molecule has 1 fully saturated rings. The molecule has 11 nitrogen and oxygen atoms in total. The molecule has 4 rings (SSSR count). The summed E-state index contributed by atoms with van der Waals surface area (Å²) in [5.41, 5.74) is 10.2. The van der Waals surface area contributed by atoms with Gasteiger partial charge in [0, 0.05) is 18.2 Å². The topological polar surface area (TPSA) is 161 Å². The molecule has 1 aromatic carbocycles. The van der Waals surface area contributed by atoms with Crippen molar-refractivity contribution in [2.45, 2.75) is 25.6 Å². The molecule has 164 valence electrons. The quantitative estimate of drug-likeness (QED) is 0.471. The molecule has 1 saturated heterocycles. The van der Waals surface area contributed by atoms with Gasteiger partial charge in [0.05, 0.1) is 30.5 Å². The summed E-state index contributed by atoms with van der Waals surface area (Å²) < 4.78 is 11.3. The molecule has 0 saturated carbocycles. The summed E-state index contributed by atoms with van der Waals surface area (Å²) >= 11 is 0. The maximum absolute atomic E-state index is 12.9. The maximum atomic E-state index is 12.9. The van der Waals surface area contributed by atoms with Gasteiger partial charge in [-0.15, -0.1) is 0 Å². The van der Waals surface area contributed by atoms with E-state index in [1.165, 1.54) is 0 Å². The van der Waals surface area contributed by atoms with Crippen LogP contribution >= 0.6 is 0 Å². The Hall–Kier alpha value is -4.01. The number of hydroxylamine groups is 1. The van der Waals surface area contributed by atoms with Gasteiger partial charge < -0.3 is 15.2 Å². The first-order valence-corrected chi connectivity index (χ1v) is 9.93. The molecule has 1 aliphatic heterocycles. The molecule has 0 bridgehead atoms. The van der Waals surface area contributed by atoms with Gasteiger partial charge in [-0.2, -0.15) is 15.3 Å². The zero-order valence-electron chi connectivity index (χ0n) is 17.2. The van der Waals surface area contributed by atoms with E-state index < -0.39 is 12.0 Å². The molecule has 2 atom stereocenters. The van der Waals surface area contributed by atoms with E-state index in [1.54, 1.807) is 43.5 Å². The summed E-state index contributed by atoms with van der Waals surface area (Å²) in [5, 5.41) is 15.8. The second-order valence-electron chi connectivity index (χ2n) is 7.11. The average Bonchev–Trinajstić information content (AvgIpc) is 3.51. The highest BCUT2D eigenvalue weighted by Crippen LogP contribution is 2.28. The van der Waals surface area contributed by atoms with E-state index >= 15 is 0 Å². The second kappa shape index (κ2) is 9.42. The molecule has 3 aromatic rings. The van der Waals surface area contributed by atoms with Crippen LogP contribution in [0, 0.1) is 11.3 Å². The van der Waals surface area contributed by atoms with E-state index in [1.807, 2.05) is 0 Å². The molecule has 1 amide bonds. The molecule has 0 spiro atoms. The lowest BCUT2D eigenvalue weighted by molar-refractivity contribution is -0.0109. The molecule has 2 aromatic heterocycles. The van der Waals surface area contributed by atoms with Gasteiger partial charge >= 0.3 is 0 Å². The first-order chi connectivity index (χ1) is 15.5. The number of nitriles is 1. The van der Waals surface area contributed by atoms with Crippen molar-refractivity contribution in [3.8, 4) is 23.3 Å². The summed E-state index contributed by atoms with van der Waals surface area (Å²) in [6.07, 6.45) is 1.47. The highest BCUT2D eigenvalue weighted by Gasteiger charge is 2.26. The number of carbonyl (C=O) groups excluding carboxylic acids is 1. The molecule has 32 heavy (non-hydrogen) atoms. The van der Waals surface area contributed by atoms with Crippen molar-refractivity contribution in [3.63, 3.8) is 0 Å². The van der Waals surface area contributed by atoms with Crippen LogP contribution in [0.1, 0.15) is 41.1 Å². The smallest absolute Gasteiger partial charge is 0.284 e. The Kier molecular flexibility index (Phi) is 6.25. The van der Waals surface area contributed by atoms with E-state index in [0.717, 1.165) is 0 Å². The summed E-state index contributed by atoms with van der Waals surface area (Å²) in [6.45, 7) is 2.67. The van der Waals surface area contributed by atoms with Crippen molar-refractivity contribution >= 4 is 11.7 Å². The third kappa shape index (κ3) is 4.66. The number of nitrogen functional groups attached to an aromatic ring is 1. The lowest BCUT2D eigenvalue weighted by atomic mass is 10.1. The van der Waals surface area contributed by atoms with Gasteiger partial charge in [0.25, 0.3) is 5.91 Å². The number of H-pyrrole nitrogens is 1. The molecular weight excluding hydrogens is 414 g/mol. The Bertz CT molecular complexity index is 1140. The van der Waals surface area contributed by atoms with Crippen molar-refractivity contribution in [2.24, 2.45) is 0 Å². The summed E-state index contributed by atoms with van der Waals surface area (Å²) in [7, 11) is 0. The molecule has 0 aliphatic carbocycles. The van der Waals surface area contributed by atoms with E-state index in [2.05, 4.69) is 31.7 Å². The number of carbonyl (C=O) groups is 1. The number of nitrogens with two attached hydrogens (primary N) is 1. The fourth-order valence-corrected chi connectivity index (χ4v) is 3.13. The maximum Gasteiger partial charge on any atom is 0.284 e. The van der Waals surface area contributed by atoms with Gasteiger partial charge in [0.15, 0.2) is 5.82 Å². The largest absolute Gasteiger partial charge is 0.471 e. The number of amides is 1. The van der Waals surface area contributed by atoms with Crippen molar-refractivity contribution in [1.82, 2.24) is 25.6 Å². The number of hydrogen-bond acceptors (Lipinski definition) is 9. The first kappa shape index (κ1) is 21.2. The Labute approximate surface area is 183 Å². The zero-order chi connectivity index (χ0) is 22.5. The van der Waals surface area contributed by atoms with Gasteiger partial charge in [-0.1, -0.05) is 12.1 Å². The van der Waals surface area contributed by atoms with Crippen molar-refractivity contribution in [1.29, 1.82) is 5.26 Å². The average molecular weight is 435 g/mol. The lowest BCUT2D eigenvalue weighted by Crippen LogP contribution is -2.29. The predicted octanol–water partition coefficient (Wildman–Crippen LogP) is 1.91. The van der Waals surface area contributed by atoms with Gasteiger partial charge in [0.1, 0.15) is 23.6 Å². The van der Waals surface area contributed by atoms with Gasteiger partial charge in [-0.3, -0.25) is 14.7 Å². The number of nitrogens with one attached hydrogen (secondary N) is 2. The van der Waals surface area contributed by atoms with E-state index in [-0.39, 0.29) is 29.2 Å². The number of hydrogen-bond donors (Lipinski definition) is 3. The predicted molar refractivity (Wildman–Crippen MR) is 112 cm³/mol. The lowest BCUT2D eigenvalue weighted by Gasteiger charge is -2.17. The minimum absolute atomic E-state index is 0.0145. The summed E-state index contributed by atoms with van der Waals surface area (Å²) in [6, 6.07) is 10.6. The van der Waals surface area contributed by atoms with E-state index in [0.29, 0.717) is 36.5 Å². The van der Waals surface area contributed by atoms with Crippen LogP contribution < -0.4 is 16.0 Å². The van der Waals surface area contributed by atoms with Crippen LogP contribution in [-0.4, -0.2) is 45.4 Å². The number of nitrogens with zero attached hydrogens (tertiary/aromatic N) is 4. The van der Waals surface area contributed by atoms with Crippen LogP contribution in [0.15, 0.2) is 36.5 Å². The van der Waals surface area contributed by atoms with Crippen LogP contribution in [0.2, 0.25) is 0 Å². The Balaban J connectivity index is 1.63. The number of rotatable bonds is 7. The number of aromatic nitrogens is 4. The monoisotopic (exact) mass is 435 g/mol. The van der Waals surface area contributed by atoms with Crippen LogP contribution in [0.3, 0.4) is 0 Å². The van der Waals surface area contributed by atoms with E-state index in [4.69, 9.17) is 20.0 Å². The van der Waals surface area contributed by atoms with Gasteiger partial charge in [-0.25, -0.2) is 10.5 Å². The molecule has 4 N–H and O–H groups in total. The molecule has 1 aliphatic rings. The molecule has 3 heterocycles. The zero-order valence-corrected chi connectivity index (χ0v) is 17.2. The normalized spacial score (nSPS) is 16.3. The van der Waals surface area contributed by atoms with Crippen LogP contribution in [-0.2, 0) is 9.57 Å². The number of aromatic amines is 1. The van der Waals surface area contributed by atoms with Crippen molar-refractivity contribution in [3.05, 3.63) is 53.3 Å². The van der Waals surface area contributed by atoms with Crippen LogP contribution in [0.4, 0.5) is 5.82 Å². The number of ether oxygens (including phenoxy) is 2. The van der Waals surface area contributed by atoms with Gasteiger partial charge in [0.2, 0.25) is 5.88 Å². The third-order valence-corrected chi connectivity index (χ3v) is 4.84. The Morgan fingerprint density at radius 3 is 3.00 bits per heavy atom. The van der Waals surface area contributed by atoms with Gasteiger partial charge in [-0.05, 0) is 25.1 Å². The molecule has 1 unspecified atom stereocenters. The van der Waals surface area contributed by atoms with Crippen molar-refractivity contribution < 1.29 is 19.1 Å². The van der Waals surface area contributed by atoms with Crippen LogP contribution in [0.5, 0.6) is 5.88 Å². The first-order valence-electron chi connectivity index (χ1n) is 9.93. The Morgan fingerprint density at radius 2 is 2.28 bits per heavy atom. The fraction of sp³-hybridized carbons (Fsp3) is 0.286. The summed E-state index contributed by atoms with van der Waals surface area (Å²) in [4.78, 5) is 27.0. The standard InChI is InChI=1S/C21H21N7O4/c1-12(16-5-7-24-27-16)32-28-20(29)17-18(23)25-19(14-4-2-3-13(9-14)10-22)26-21(17)31-15-6-8-30-11-15/h2-5,7,9,12,15H,6,8,11H2,1H3,(H,24,27)(H,28,29)(H2,23,25,26)/t12?,15-/m0/s1. The number of anilines is 1. The van der Waals surface area contributed by atoms with E-state index in [9.17, 15) is 10.1 Å². The third-order valence-electron chi connectivity index (χ3n) is 4.84. The minimum Gasteiger partial charge on any atom is -0.471 e. The molecule has 0 radical (unpaired) electrons. The van der Waals surface area contributed by atoms with Crippen LogP contribution in [0.25, 0.3) is 11.4 Å². The minimum atomic E-state index is -0.653. The fourth-order valence-electron chi connectivity index (χ4n) is 3.13.